The third-order valence-corrected chi connectivity index (χ3v) is 2.94. The predicted octanol–water partition coefficient (Wildman–Crippen LogP) is 0.419. The maximum atomic E-state index is 12.3. The number of nitrogens with zero attached hydrogens (tertiary/aromatic N) is 5. The van der Waals surface area contributed by atoms with Crippen LogP contribution in [0.3, 0.4) is 0 Å². The second kappa shape index (κ2) is 5.94. The number of hydrogen-bond donors (Lipinski definition) is 2. The molecule has 2 N–H and O–H groups in total. The molecule has 2 aromatic rings. The van der Waals surface area contributed by atoms with Crippen molar-refractivity contribution in [3.63, 3.8) is 0 Å². The summed E-state index contributed by atoms with van der Waals surface area (Å²) in [6.45, 7) is -0.143. The largest absolute Gasteiger partial charge is 0.592 e. The Morgan fingerprint density at radius 2 is 1.79 bits per heavy atom. The van der Waals surface area contributed by atoms with Gasteiger partial charge in [0.2, 0.25) is 0 Å². The molecular weight excluding hydrogens is 277 g/mol. The van der Waals surface area contributed by atoms with Gasteiger partial charge in [-0.3, -0.25) is 4.52 Å². The van der Waals surface area contributed by atoms with Crippen LogP contribution in [0, 0.1) is 11.3 Å². The summed E-state index contributed by atoms with van der Waals surface area (Å²) in [5.74, 6) is 0. The van der Waals surface area contributed by atoms with Crippen molar-refractivity contribution in [2.45, 2.75) is 6.42 Å². The molecule has 12 heteroatoms. The number of nitrogens with one attached hydrogen (secondary N) is 2. The predicted molar refractivity (Wildman–Crippen MR) is 57.8 cm³/mol. The van der Waals surface area contributed by atoms with Gasteiger partial charge in [0, 0.05) is 0 Å². The summed E-state index contributed by atoms with van der Waals surface area (Å²) in [6, 6.07) is 1.52. The van der Waals surface area contributed by atoms with Crippen LogP contribution in [0.1, 0.15) is 6.42 Å². The zero-order chi connectivity index (χ0) is 13.6. The van der Waals surface area contributed by atoms with Crippen molar-refractivity contribution in [1.82, 2.24) is 30.4 Å². The molecule has 0 aromatic carbocycles. The number of aromatic nitrogens is 6. The van der Waals surface area contributed by atoms with Crippen LogP contribution in [0.2, 0.25) is 0 Å². The van der Waals surface area contributed by atoms with E-state index in [9.17, 15) is 4.57 Å². The number of phosphoric acid groups is 1. The minimum Gasteiger partial charge on any atom is -0.359 e. The van der Waals surface area contributed by atoms with Crippen LogP contribution in [0.5, 0.6) is 12.0 Å². The molecule has 0 atom stereocenters. The van der Waals surface area contributed by atoms with Gasteiger partial charge >= 0.3 is 19.8 Å². The summed E-state index contributed by atoms with van der Waals surface area (Å²) in [4.78, 5) is 7.25. The first kappa shape index (κ1) is 13.0. The number of nitriles is 1. The second-order valence-corrected chi connectivity index (χ2v) is 4.47. The van der Waals surface area contributed by atoms with Gasteiger partial charge in [-0.15, -0.1) is 0 Å². The van der Waals surface area contributed by atoms with Gasteiger partial charge in [0.15, 0.2) is 0 Å². The average Bonchev–Trinajstić information content (AvgIpc) is 3.03. The van der Waals surface area contributed by atoms with E-state index >= 15 is 0 Å². The molecule has 0 spiro atoms. The number of hydrogen-bond acceptors (Lipinski definition) is 9. The van der Waals surface area contributed by atoms with Gasteiger partial charge in [0.1, 0.15) is 12.7 Å². The van der Waals surface area contributed by atoms with E-state index in [-0.39, 0.29) is 25.0 Å². The lowest BCUT2D eigenvalue weighted by Gasteiger charge is -2.14. The fraction of sp³-hybridized carbons (Fsp3) is 0.286. The highest BCUT2D eigenvalue weighted by molar-refractivity contribution is 7.49. The summed E-state index contributed by atoms with van der Waals surface area (Å²) in [6.07, 6.45) is 2.33. The van der Waals surface area contributed by atoms with Crippen LogP contribution in [-0.4, -0.2) is 37.0 Å². The minimum absolute atomic E-state index is 0.0174. The average molecular weight is 285 g/mol. The van der Waals surface area contributed by atoms with Gasteiger partial charge in [-0.1, -0.05) is 0 Å². The van der Waals surface area contributed by atoms with E-state index in [0.717, 1.165) is 12.7 Å². The van der Waals surface area contributed by atoms with Crippen molar-refractivity contribution >= 4 is 7.82 Å². The van der Waals surface area contributed by atoms with Crippen LogP contribution in [0.25, 0.3) is 0 Å². The van der Waals surface area contributed by atoms with Gasteiger partial charge in [0.05, 0.1) is 19.1 Å². The standard InChI is InChI=1S/C7H8N7O4P/c8-2-1-3-16-19(15,17-6-9-4-11-13-6)18-7-10-5-12-14-7/h4-5H,1,3H2,(H,9,11,13)(H,10,12,14). The van der Waals surface area contributed by atoms with E-state index in [0.29, 0.717) is 0 Å². The lowest BCUT2D eigenvalue weighted by atomic mass is 10.5. The summed E-state index contributed by atoms with van der Waals surface area (Å²) in [5.41, 5.74) is 0. The Bertz CT molecular complexity index is 537. The van der Waals surface area contributed by atoms with Crippen molar-refractivity contribution in [2.24, 2.45) is 0 Å². The molecule has 11 nitrogen and oxygen atoms in total. The normalized spacial score (nSPS) is 10.9. The van der Waals surface area contributed by atoms with Gasteiger partial charge in [-0.05, 0) is 0 Å². The van der Waals surface area contributed by atoms with Crippen LogP contribution in [-0.2, 0) is 9.09 Å². The molecule has 0 unspecified atom stereocenters. The monoisotopic (exact) mass is 285 g/mol. The Hall–Kier alpha value is -2.44. The fourth-order valence-electron chi connectivity index (χ4n) is 0.963. The minimum atomic E-state index is -4.05. The third-order valence-electron chi connectivity index (χ3n) is 1.65. The molecule has 0 aliphatic carbocycles. The van der Waals surface area contributed by atoms with Crippen molar-refractivity contribution in [2.75, 3.05) is 6.61 Å². The van der Waals surface area contributed by atoms with E-state index in [2.05, 4.69) is 30.4 Å². The molecule has 0 saturated heterocycles. The molecule has 100 valence electrons. The first-order valence-corrected chi connectivity index (χ1v) is 6.39. The fourth-order valence-corrected chi connectivity index (χ4v) is 2.02. The highest BCUT2D eigenvalue weighted by Gasteiger charge is 2.33. The third kappa shape index (κ3) is 3.77. The lowest BCUT2D eigenvalue weighted by molar-refractivity contribution is 0.205. The van der Waals surface area contributed by atoms with Crippen LogP contribution in [0.4, 0.5) is 0 Å². The molecule has 0 amide bonds. The van der Waals surface area contributed by atoms with E-state index in [1.165, 1.54) is 0 Å². The zero-order valence-corrected chi connectivity index (χ0v) is 10.3. The summed E-state index contributed by atoms with van der Waals surface area (Å²) < 4.78 is 27.1. The van der Waals surface area contributed by atoms with Crippen LogP contribution in [0.15, 0.2) is 12.7 Å². The first-order valence-electron chi connectivity index (χ1n) is 4.93. The van der Waals surface area contributed by atoms with Crippen LogP contribution >= 0.6 is 7.82 Å². The van der Waals surface area contributed by atoms with Crippen molar-refractivity contribution in [3.05, 3.63) is 12.7 Å². The maximum absolute atomic E-state index is 12.3. The summed E-state index contributed by atoms with van der Waals surface area (Å²) in [5, 5.41) is 20.1. The molecule has 0 aliphatic heterocycles. The van der Waals surface area contributed by atoms with Gasteiger partial charge in [-0.25, -0.2) is 14.8 Å². The molecule has 0 aliphatic rings. The second-order valence-electron chi connectivity index (χ2n) is 2.95. The zero-order valence-electron chi connectivity index (χ0n) is 9.39. The summed E-state index contributed by atoms with van der Waals surface area (Å²) >= 11 is 0. The van der Waals surface area contributed by atoms with E-state index < -0.39 is 7.82 Å². The number of aromatic amines is 2. The Kier molecular flexibility index (Phi) is 4.07. The van der Waals surface area contributed by atoms with Crippen LogP contribution < -0.4 is 9.05 Å². The molecule has 0 bridgehead atoms. The molecule has 2 aromatic heterocycles. The quantitative estimate of drug-likeness (QED) is 0.544. The molecule has 2 heterocycles. The van der Waals surface area contributed by atoms with Crippen molar-refractivity contribution in [3.8, 4) is 18.1 Å². The van der Waals surface area contributed by atoms with Gasteiger partial charge in [0.25, 0.3) is 0 Å². The van der Waals surface area contributed by atoms with Crippen molar-refractivity contribution < 1.29 is 18.1 Å². The molecule has 2 rings (SSSR count). The van der Waals surface area contributed by atoms with E-state index in [1.807, 2.05) is 6.07 Å². The molecule has 0 saturated carbocycles. The van der Waals surface area contributed by atoms with Crippen molar-refractivity contribution in [1.29, 1.82) is 5.26 Å². The first-order chi connectivity index (χ1) is 9.22. The molecule has 0 radical (unpaired) electrons. The number of phosphoric ester groups is 1. The van der Waals surface area contributed by atoms with E-state index in [1.54, 1.807) is 0 Å². The lowest BCUT2D eigenvalue weighted by Crippen LogP contribution is -2.07. The topological polar surface area (TPSA) is 152 Å². The Labute approximate surface area is 106 Å². The molecular formula is C7H8N7O4P. The molecule has 19 heavy (non-hydrogen) atoms. The van der Waals surface area contributed by atoms with Gasteiger partial charge in [-0.2, -0.15) is 25.4 Å². The summed E-state index contributed by atoms with van der Waals surface area (Å²) in [7, 11) is -4.05. The smallest absolute Gasteiger partial charge is 0.359 e. The number of H-pyrrole nitrogens is 2. The SMILES string of the molecule is N#CCCOP(=O)(Oc1ncn[nH]1)Oc1ncn[nH]1. The van der Waals surface area contributed by atoms with Gasteiger partial charge < -0.3 is 9.05 Å². The Morgan fingerprint density at radius 3 is 2.21 bits per heavy atom. The van der Waals surface area contributed by atoms with E-state index in [4.69, 9.17) is 18.8 Å². The maximum Gasteiger partial charge on any atom is 0.592 e. The highest BCUT2D eigenvalue weighted by atomic mass is 31.2. The Morgan fingerprint density at radius 1 is 1.21 bits per heavy atom. The number of rotatable bonds is 7. The molecule has 0 fully saturated rings. The highest BCUT2D eigenvalue weighted by Crippen LogP contribution is 2.47. The Balaban J connectivity index is 2.07.